The van der Waals surface area contributed by atoms with Crippen molar-refractivity contribution in [1.29, 1.82) is 0 Å². The van der Waals surface area contributed by atoms with Crippen LogP contribution >= 0.6 is 0 Å². The van der Waals surface area contributed by atoms with E-state index in [0.717, 1.165) is 38.9 Å². The molecule has 0 unspecified atom stereocenters. The summed E-state index contributed by atoms with van der Waals surface area (Å²) in [5.74, 6) is 0.659. The summed E-state index contributed by atoms with van der Waals surface area (Å²) in [4.78, 5) is 10.8. The minimum absolute atomic E-state index is 0.659. The molecular weight excluding hydrogens is 705 g/mol. The van der Waals surface area contributed by atoms with Crippen molar-refractivity contribution in [1.82, 2.24) is 19.1 Å². The van der Waals surface area contributed by atoms with Gasteiger partial charge in [0.05, 0.1) is 33.3 Å². The Morgan fingerprint density at radius 3 is 1.50 bits per heavy atom. The van der Waals surface area contributed by atoms with E-state index in [9.17, 15) is 0 Å². The van der Waals surface area contributed by atoms with E-state index < -0.39 is 0 Å². The van der Waals surface area contributed by atoms with Gasteiger partial charge in [-0.15, -0.1) is 0 Å². The zero-order chi connectivity index (χ0) is 37.9. The van der Waals surface area contributed by atoms with E-state index in [2.05, 4.69) is 203 Å². The minimum Gasteiger partial charge on any atom is -0.309 e. The fourth-order valence-electron chi connectivity index (χ4n) is 9.87. The van der Waals surface area contributed by atoms with E-state index in [1.165, 1.54) is 75.7 Å². The number of hydrogen-bond donors (Lipinski definition) is 0. The van der Waals surface area contributed by atoms with Gasteiger partial charge >= 0.3 is 0 Å². The molecule has 0 fully saturated rings. The molecule has 0 saturated carbocycles. The van der Waals surface area contributed by atoms with E-state index >= 15 is 0 Å². The van der Waals surface area contributed by atoms with Gasteiger partial charge in [0.15, 0.2) is 0 Å². The van der Waals surface area contributed by atoms with Crippen LogP contribution < -0.4 is 0 Å². The number of benzene rings is 10. The van der Waals surface area contributed by atoms with Crippen molar-refractivity contribution in [2.24, 2.45) is 0 Å². The lowest BCUT2D eigenvalue weighted by Crippen LogP contribution is -2.04. The summed E-state index contributed by atoms with van der Waals surface area (Å²) in [6, 6.07) is 70.0. The summed E-state index contributed by atoms with van der Waals surface area (Å²) < 4.78 is 4.82. The molecule has 268 valence electrons. The second-order valence-electron chi connectivity index (χ2n) is 15.3. The van der Waals surface area contributed by atoms with Gasteiger partial charge in [-0.05, 0) is 51.9 Å². The van der Waals surface area contributed by atoms with Crippen molar-refractivity contribution in [3.05, 3.63) is 194 Å². The quantitative estimate of drug-likeness (QED) is 0.169. The average Bonchev–Trinajstić information content (AvgIpc) is 3.83. The molecule has 0 aliphatic rings. The first-order valence-corrected chi connectivity index (χ1v) is 19.8. The monoisotopic (exact) mass is 736 g/mol. The van der Waals surface area contributed by atoms with Crippen molar-refractivity contribution in [3.63, 3.8) is 0 Å². The van der Waals surface area contributed by atoms with Gasteiger partial charge in [-0.3, -0.25) is 4.57 Å². The minimum atomic E-state index is 0.659. The molecule has 4 heteroatoms. The van der Waals surface area contributed by atoms with E-state index in [1.807, 2.05) is 0 Å². The number of hydrogen-bond acceptors (Lipinski definition) is 2. The fraction of sp³-hybridized carbons (Fsp3) is 0. The SMILES string of the molecule is c1ccc(-c2nc(-n3c4ccccc4c4c5c6ccccc6c6c(c7ccccc7n6-c6ccc7ccccc7c6)c5c5ccccc5c43)nc3ccccc23)cc1. The summed E-state index contributed by atoms with van der Waals surface area (Å²) in [6.45, 7) is 0. The molecule has 0 saturated heterocycles. The van der Waals surface area contributed by atoms with Crippen LogP contribution in [0.5, 0.6) is 0 Å². The normalized spacial score (nSPS) is 12.1. The topological polar surface area (TPSA) is 35.6 Å². The summed E-state index contributed by atoms with van der Waals surface area (Å²) in [7, 11) is 0. The van der Waals surface area contributed by atoms with Crippen molar-refractivity contribution in [3.8, 4) is 22.9 Å². The summed E-state index contributed by atoms with van der Waals surface area (Å²) >= 11 is 0. The molecule has 0 radical (unpaired) electrons. The number of nitrogens with zero attached hydrogens (tertiary/aromatic N) is 4. The molecule has 13 aromatic rings. The molecule has 4 nitrogen and oxygen atoms in total. The largest absolute Gasteiger partial charge is 0.309 e. The van der Waals surface area contributed by atoms with Crippen LogP contribution in [-0.2, 0) is 0 Å². The van der Waals surface area contributed by atoms with Crippen LogP contribution in [0.15, 0.2) is 194 Å². The second-order valence-corrected chi connectivity index (χ2v) is 15.3. The molecule has 10 aromatic carbocycles. The Balaban J connectivity index is 1.27. The number of fused-ring (bicyclic) bond motifs is 17. The van der Waals surface area contributed by atoms with Gasteiger partial charge in [-0.1, -0.05) is 164 Å². The van der Waals surface area contributed by atoms with Crippen LogP contribution in [0.1, 0.15) is 0 Å². The lowest BCUT2D eigenvalue weighted by Gasteiger charge is -2.17. The van der Waals surface area contributed by atoms with Crippen LogP contribution in [-0.4, -0.2) is 19.1 Å². The first-order chi connectivity index (χ1) is 28.8. The van der Waals surface area contributed by atoms with Crippen LogP contribution in [0.4, 0.5) is 0 Å². The van der Waals surface area contributed by atoms with Gasteiger partial charge in [-0.25, -0.2) is 9.97 Å². The molecule has 58 heavy (non-hydrogen) atoms. The smallest absolute Gasteiger partial charge is 0.235 e. The molecular formula is C54H32N4. The zero-order valence-corrected chi connectivity index (χ0v) is 31.3. The Kier molecular flexibility index (Phi) is 6.41. The van der Waals surface area contributed by atoms with Crippen molar-refractivity contribution < 1.29 is 0 Å². The van der Waals surface area contributed by atoms with Gasteiger partial charge in [0.1, 0.15) is 0 Å². The Labute approximate surface area is 332 Å². The highest BCUT2D eigenvalue weighted by Gasteiger charge is 2.26. The number of para-hydroxylation sites is 3. The van der Waals surface area contributed by atoms with E-state index in [-0.39, 0.29) is 0 Å². The third kappa shape index (κ3) is 4.23. The lowest BCUT2D eigenvalue weighted by molar-refractivity contribution is 1.02. The van der Waals surface area contributed by atoms with Crippen LogP contribution in [0, 0.1) is 0 Å². The molecule has 0 amide bonds. The summed E-state index contributed by atoms with van der Waals surface area (Å²) in [5, 5.41) is 15.7. The molecule has 3 aromatic heterocycles. The highest BCUT2D eigenvalue weighted by molar-refractivity contribution is 6.45. The van der Waals surface area contributed by atoms with Crippen molar-refractivity contribution >= 4 is 97.6 Å². The molecule has 0 aliphatic carbocycles. The zero-order valence-electron chi connectivity index (χ0n) is 31.3. The Morgan fingerprint density at radius 1 is 0.328 bits per heavy atom. The predicted octanol–water partition coefficient (Wildman–Crippen LogP) is 14.1. The second kappa shape index (κ2) is 11.8. The Bertz CT molecular complexity index is 3850. The van der Waals surface area contributed by atoms with Crippen molar-refractivity contribution in [2.75, 3.05) is 0 Å². The third-order valence-corrected chi connectivity index (χ3v) is 12.2. The van der Waals surface area contributed by atoms with E-state index in [0.29, 0.717) is 5.95 Å². The average molecular weight is 737 g/mol. The van der Waals surface area contributed by atoms with Crippen LogP contribution in [0.3, 0.4) is 0 Å². The first-order valence-electron chi connectivity index (χ1n) is 19.8. The first kappa shape index (κ1) is 31.4. The molecule has 0 aliphatic heterocycles. The fourth-order valence-corrected chi connectivity index (χ4v) is 9.87. The molecule has 0 spiro atoms. The van der Waals surface area contributed by atoms with Gasteiger partial charge in [0.25, 0.3) is 0 Å². The predicted molar refractivity (Wildman–Crippen MR) is 244 cm³/mol. The third-order valence-electron chi connectivity index (χ3n) is 12.2. The summed E-state index contributed by atoms with van der Waals surface area (Å²) in [5.41, 5.74) is 8.65. The van der Waals surface area contributed by atoms with Gasteiger partial charge in [-0.2, -0.15) is 0 Å². The van der Waals surface area contributed by atoms with Gasteiger partial charge < -0.3 is 4.57 Å². The maximum atomic E-state index is 5.46. The Hall–Kier alpha value is -7.82. The van der Waals surface area contributed by atoms with E-state index in [1.54, 1.807) is 0 Å². The van der Waals surface area contributed by atoms with Gasteiger partial charge in [0.2, 0.25) is 5.95 Å². The number of aromatic nitrogens is 4. The highest BCUT2D eigenvalue weighted by atomic mass is 15.2. The van der Waals surface area contributed by atoms with Crippen molar-refractivity contribution in [2.45, 2.75) is 0 Å². The summed E-state index contributed by atoms with van der Waals surface area (Å²) in [6.07, 6.45) is 0. The Morgan fingerprint density at radius 2 is 0.828 bits per heavy atom. The standard InChI is InChI=1S/C54H32N4/c1-2-17-34(18-3-1)51-41-24-10-13-27-44(41)55-54(56-51)58-46-29-15-12-26-43(46)50-48-37-20-6-8-22-39(37)52-49(47(48)38-21-7-9-23-40(38)53(50)58)42-25-11-14-28-45(42)57(52)36-31-30-33-16-4-5-19-35(33)32-36/h1-32H. The molecule has 0 atom stereocenters. The molecule has 13 rings (SSSR count). The molecule has 3 heterocycles. The van der Waals surface area contributed by atoms with Crippen LogP contribution in [0.2, 0.25) is 0 Å². The maximum Gasteiger partial charge on any atom is 0.235 e. The van der Waals surface area contributed by atoms with E-state index in [4.69, 9.17) is 9.97 Å². The lowest BCUT2D eigenvalue weighted by atomic mass is 9.89. The molecule has 0 bridgehead atoms. The number of rotatable bonds is 3. The van der Waals surface area contributed by atoms with Crippen LogP contribution in [0.25, 0.3) is 120 Å². The maximum absolute atomic E-state index is 5.46. The highest BCUT2D eigenvalue weighted by Crippen LogP contribution is 2.50. The van der Waals surface area contributed by atoms with Gasteiger partial charge in [0, 0.05) is 59.7 Å². The molecule has 0 N–H and O–H groups in total.